The van der Waals surface area contributed by atoms with Gasteiger partial charge in [0.2, 0.25) is 5.91 Å². The molecule has 4 rings (SSSR count). The van der Waals surface area contributed by atoms with E-state index in [9.17, 15) is 31.9 Å². The predicted octanol–water partition coefficient (Wildman–Crippen LogP) is 4.25. The quantitative estimate of drug-likeness (QED) is 0.700. The number of aromatic hydroxyl groups is 1. The molecule has 0 aliphatic carbocycles. The number of benzene rings is 1. The van der Waals surface area contributed by atoms with Gasteiger partial charge in [0, 0.05) is 37.7 Å². The number of hydrogen-bond donors (Lipinski definition) is 1. The highest BCUT2D eigenvalue weighted by molar-refractivity contribution is 5.74. The maximum atomic E-state index is 13.9. The Hall–Kier alpha value is -2.98. The van der Waals surface area contributed by atoms with Gasteiger partial charge < -0.3 is 14.9 Å². The molecule has 2 atom stereocenters. The maximum Gasteiger partial charge on any atom is 0.416 e. The van der Waals surface area contributed by atoms with E-state index in [0.29, 0.717) is 37.7 Å². The first-order chi connectivity index (χ1) is 15.1. The maximum absolute atomic E-state index is 13.9. The third kappa shape index (κ3) is 4.07. The van der Waals surface area contributed by atoms with Gasteiger partial charge in [-0.15, -0.1) is 10.2 Å². The summed E-state index contributed by atoms with van der Waals surface area (Å²) in [6.45, 7) is 3.18. The number of fused-ring (bicyclic) bond motifs is 1. The van der Waals surface area contributed by atoms with E-state index in [1.807, 2.05) is 4.90 Å². The fourth-order valence-corrected chi connectivity index (χ4v) is 4.53. The molecule has 1 amide bonds. The van der Waals surface area contributed by atoms with Crippen LogP contribution in [-0.2, 0) is 11.0 Å². The Balaban J connectivity index is 1.68. The molecule has 0 spiro atoms. The van der Waals surface area contributed by atoms with Crippen molar-refractivity contribution in [1.29, 1.82) is 0 Å². The molecule has 0 radical (unpaired) electrons. The first-order valence-corrected chi connectivity index (χ1v) is 10.1. The topological polar surface area (TPSA) is 69.6 Å². The van der Waals surface area contributed by atoms with Crippen LogP contribution in [0.15, 0.2) is 24.3 Å². The van der Waals surface area contributed by atoms with Gasteiger partial charge in [-0.3, -0.25) is 4.79 Å². The fourth-order valence-electron chi connectivity index (χ4n) is 4.53. The van der Waals surface area contributed by atoms with Crippen molar-refractivity contribution in [3.63, 3.8) is 0 Å². The molecule has 32 heavy (non-hydrogen) atoms. The molecule has 0 saturated carbocycles. The van der Waals surface area contributed by atoms with Gasteiger partial charge in [-0.05, 0) is 43.0 Å². The monoisotopic (exact) mass is 456 g/mol. The van der Waals surface area contributed by atoms with Gasteiger partial charge in [0.25, 0.3) is 6.43 Å². The Kier molecular flexibility index (Phi) is 5.68. The van der Waals surface area contributed by atoms with Crippen LogP contribution in [0, 0.1) is 5.92 Å². The number of halogens is 5. The number of piperidine rings is 1. The molecule has 172 valence electrons. The Morgan fingerprint density at radius 1 is 1.16 bits per heavy atom. The Labute approximate surface area is 180 Å². The normalized spacial score (nSPS) is 21.2. The Morgan fingerprint density at radius 2 is 1.88 bits per heavy atom. The average molecular weight is 456 g/mol. The van der Waals surface area contributed by atoms with Gasteiger partial charge in [-0.1, -0.05) is 0 Å². The second-order valence-electron chi connectivity index (χ2n) is 8.10. The highest BCUT2D eigenvalue weighted by atomic mass is 19.4. The van der Waals surface area contributed by atoms with Crippen LogP contribution in [-0.4, -0.2) is 51.8 Å². The first-order valence-electron chi connectivity index (χ1n) is 10.1. The third-order valence-electron chi connectivity index (χ3n) is 6.23. The lowest BCUT2D eigenvalue weighted by molar-refractivity contribution is -0.137. The van der Waals surface area contributed by atoms with Crippen LogP contribution >= 0.6 is 0 Å². The molecule has 1 aromatic heterocycles. The van der Waals surface area contributed by atoms with Crippen LogP contribution in [0.2, 0.25) is 0 Å². The molecule has 2 aliphatic rings. The zero-order valence-electron chi connectivity index (χ0n) is 17.1. The summed E-state index contributed by atoms with van der Waals surface area (Å²) in [5.74, 6) is -0.341. The molecular weight excluding hydrogens is 435 g/mol. The van der Waals surface area contributed by atoms with Gasteiger partial charge in [0.15, 0.2) is 5.82 Å². The van der Waals surface area contributed by atoms with E-state index in [-0.39, 0.29) is 29.0 Å². The van der Waals surface area contributed by atoms with Crippen molar-refractivity contribution >= 4 is 11.7 Å². The van der Waals surface area contributed by atoms with Crippen LogP contribution in [0.5, 0.6) is 5.75 Å². The molecule has 1 aromatic carbocycles. The number of phenols is 1. The zero-order chi connectivity index (χ0) is 23.2. The van der Waals surface area contributed by atoms with E-state index in [4.69, 9.17) is 0 Å². The van der Waals surface area contributed by atoms with Crippen molar-refractivity contribution in [2.45, 2.75) is 38.4 Å². The Bertz CT molecular complexity index is 1030. The molecule has 11 heteroatoms. The van der Waals surface area contributed by atoms with Crippen molar-refractivity contribution in [2.75, 3.05) is 24.5 Å². The predicted molar refractivity (Wildman–Crippen MR) is 105 cm³/mol. The first kappa shape index (κ1) is 22.2. The van der Waals surface area contributed by atoms with Crippen molar-refractivity contribution in [2.24, 2.45) is 5.92 Å². The van der Waals surface area contributed by atoms with E-state index in [1.54, 1.807) is 4.90 Å². The summed E-state index contributed by atoms with van der Waals surface area (Å²) in [4.78, 5) is 15.4. The minimum atomic E-state index is -4.68. The van der Waals surface area contributed by atoms with Gasteiger partial charge in [-0.25, -0.2) is 8.78 Å². The second-order valence-corrected chi connectivity index (χ2v) is 8.10. The molecule has 0 bridgehead atoms. The van der Waals surface area contributed by atoms with Gasteiger partial charge in [0.1, 0.15) is 11.4 Å². The largest absolute Gasteiger partial charge is 0.507 e. The van der Waals surface area contributed by atoms with E-state index in [0.717, 1.165) is 18.9 Å². The lowest BCUT2D eigenvalue weighted by Gasteiger charge is -2.38. The van der Waals surface area contributed by atoms with Crippen LogP contribution < -0.4 is 4.90 Å². The molecule has 6 nitrogen and oxygen atoms in total. The van der Waals surface area contributed by atoms with Crippen LogP contribution in [0.25, 0.3) is 11.3 Å². The number of likely N-dealkylation sites (tertiary alicyclic amines) is 1. The number of amides is 1. The second kappa shape index (κ2) is 8.18. The van der Waals surface area contributed by atoms with E-state index in [1.165, 1.54) is 13.0 Å². The Morgan fingerprint density at radius 3 is 2.50 bits per heavy atom. The minimum Gasteiger partial charge on any atom is -0.507 e. The summed E-state index contributed by atoms with van der Waals surface area (Å²) in [7, 11) is 0. The number of alkyl halides is 5. The van der Waals surface area contributed by atoms with Gasteiger partial charge in [0.05, 0.1) is 11.6 Å². The molecule has 0 unspecified atom stereocenters. The fraction of sp³-hybridized carbons (Fsp3) is 0.476. The summed E-state index contributed by atoms with van der Waals surface area (Å²) in [5, 5.41) is 18.0. The number of phenolic OH excluding ortho intramolecular Hbond substituents is 1. The molecule has 3 heterocycles. The zero-order valence-corrected chi connectivity index (χ0v) is 17.1. The lowest BCUT2D eigenvalue weighted by atomic mass is 9.92. The van der Waals surface area contributed by atoms with Crippen molar-refractivity contribution in [3.8, 4) is 17.0 Å². The van der Waals surface area contributed by atoms with Crippen LogP contribution in [0.4, 0.5) is 27.8 Å². The summed E-state index contributed by atoms with van der Waals surface area (Å²) >= 11 is 0. The average Bonchev–Trinajstić information content (AvgIpc) is 3.16. The smallest absolute Gasteiger partial charge is 0.416 e. The van der Waals surface area contributed by atoms with Crippen molar-refractivity contribution in [1.82, 2.24) is 15.1 Å². The third-order valence-corrected chi connectivity index (χ3v) is 6.23. The number of carbonyl (C=O) groups excluding carboxylic acids is 1. The molecule has 1 N–H and O–H groups in total. The SMILES string of the molecule is CC(=O)N1CC[C@@H]2CCN(c3cc(C(F)F)c(-c4ccc(C(F)(F)F)cc4O)nn3)[C@@H]2C1. The molecule has 2 fully saturated rings. The standard InChI is InChI=1S/C21H21F5N4O2/c1-11(31)29-6-4-12-5-7-30(16(12)10-29)18-9-15(20(22)23)19(28-27-18)14-3-2-13(8-17(14)32)21(24,25)26/h2-3,8-9,12,16,20,32H,4-7,10H2,1H3/t12-,16-/m1/s1. The molecule has 2 saturated heterocycles. The summed E-state index contributed by atoms with van der Waals surface area (Å²) in [5.41, 5.74) is -2.27. The minimum absolute atomic E-state index is 0.0530. The summed E-state index contributed by atoms with van der Waals surface area (Å²) in [6.07, 6.45) is -6.02. The summed E-state index contributed by atoms with van der Waals surface area (Å²) in [6, 6.07) is 3.18. The van der Waals surface area contributed by atoms with Crippen molar-refractivity contribution < 1.29 is 31.9 Å². The molecule has 2 aliphatic heterocycles. The van der Waals surface area contributed by atoms with Crippen LogP contribution in [0.3, 0.4) is 0 Å². The van der Waals surface area contributed by atoms with Gasteiger partial charge >= 0.3 is 6.18 Å². The van der Waals surface area contributed by atoms with Crippen LogP contribution in [0.1, 0.15) is 37.3 Å². The number of rotatable bonds is 3. The van der Waals surface area contributed by atoms with E-state index >= 15 is 0 Å². The molecular formula is C21H21F5N4O2. The number of carbonyl (C=O) groups is 1. The number of anilines is 1. The van der Waals surface area contributed by atoms with E-state index < -0.39 is 29.5 Å². The van der Waals surface area contributed by atoms with E-state index in [2.05, 4.69) is 10.2 Å². The van der Waals surface area contributed by atoms with Gasteiger partial charge in [-0.2, -0.15) is 13.2 Å². The summed E-state index contributed by atoms with van der Waals surface area (Å²) < 4.78 is 66.3. The highest BCUT2D eigenvalue weighted by Gasteiger charge is 2.40. The number of hydrogen-bond acceptors (Lipinski definition) is 5. The van der Waals surface area contributed by atoms with Crippen molar-refractivity contribution in [3.05, 3.63) is 35.4 Å². The molecule has 2 aromatic rings. The number of nitrogens with zero attached hydrogens (tertiary/aromatic N) is 4. The number of aromatic nitrogens is 2. The highest BCUT2D eigenvalue weighted by Crippen LogP contribution is 2.40. The lowest BCUT2D eigenvalue weighted by Crippen LogP contribution is -2.49.